The first-order chi connectivity index (χ1) is 24.8. The Hall–Kier alpha value is -6.59. The zero-order valence-corrected chi connectivity index (χ0v) is 27.1. The normalized spacial score (nSPS) is 14.0. The molecule has 1 aliphatic carbocycles. The summed E-state index contributed by atoms with van der Waals surface area (Å²) < 4.78 is 9.00. The third-order valence-corrected chi connectivity index (χ3v) is 9.79. The van der Waals surface area contributed by atoms with Crippen molar-refractivity contribution in [1.82, 2.24) is 19.5 Å². The van der Waals surface area contributed by atoms with E-state index in [0.29, 0.717) is 17.5 Å². The van der Waals surface area contributed by atoms with Crippen LogP contribution in [-0.2, 0) is 0 Å². The molecule has 236 valence electrons. The summed E-state index contributed by atoms with van der Waals surface area (Å²) in [5.74, 6) is 2.07. The number of hydrogen-bond acceptors (Lipinski definition) is 4. The predicted molar refractivity (Wildman–Crippen MR) is 202 cm³/mol. The number of rotatable bonds is 5. The Morgan fingerprint density at radius 3 is 1.94 bits per heavy atom. The van der Waals surface area contributed by atoms with Crippen LogP contribution in [0, 0.1) is 0 Å². The number of hydrogen-bond donors (Lipinski definition) is 0. The second-order valence-electron chi connectivity index (χ2n) is 12.8. The van der Waals surface area contributed by atoms with Crippen molar-refractivity contribution >= 4 is 45.0 Å². The van der Waals surface area contributed by atoms with Gasteiger partial charge in [0.25, 0.3) is 0 Å². The van der Waals surface area contributed by atoms with E-state index in [4.69, 9.17) is 19.4 Å². The lowest BCUT2D eigenvalue weighted by Crippen LogP contribution is -2.31. The number of nitrogens with zero attached hydrogens (tertiary/aromatic N) is 4. The molecule has 0 bridgehead atoms. The zero-order valence-electron chi connectivity index (χ0n) is 27.1. The molecule has 0 saturated carbocycles. The molecule has 1 atom stereocenters. The summed E-state index contributed by atoms with van der Waals surface area (Å²) in [6.07, 6.45) is 5.77. The van der Waals surface area contributed by atoms with E-state index < -0.39 is 0 Å². The maximum absolute atomic E-state index is 6.62. The Morgan fingerprint density at radius 2 is 1.20 bits per heavy atom. The molecule has 3 aromatic heterocycles. The number of aromatic nitrogens is 4. The van der Waals surface area contributed by atoms with Gasteiger partial charge in [0.05, 0.1) is 11.1 Å². The zero-order chi connectivity index (χ0) is 33.0. The summed E-state index contributed by atoms with van der Waals surface area (Å²) in [6.45, 7) is 0. The summed E-state index contributed by atoms with van der Waals surface area (Å²) in [5.41, 5.74) is 8.00. The van der Waals surface area contributed by atoms with E-state index in [2.05, 4.69) is 102 Å². The van der Waals surface area contributed by atoms with Crippen LogP contribution in [0.15, 0.2) is 156 Å². The molecule has 3 heterocycles. The van der Waals surface area contributed by atoms with Crippen molar-refractivity contribution < 1.29 is 4.42 Å². The standard InChI is InChI=1S/C45H30N4O/c1-4-13-29(14-5-1)43-46-44(30-15-6-2-7-16-30)48-45(47-43)36-21-12-20-35-38-28-32(24-26-41(38)50-42(35)36)31-23-25-40-37(27-31)34-19-10-11-22-39(34)49(40)33-17-8-3-9-18-33/h1-22,24-28,31H,23H2. The summed E-state index contributed by atoms with van der Waals surface area (Å²) in [4.78, 5) is 14.9. The van der Waals surface area contributed by atoms with Gasteiger partial charge in [-0.3, -0.25) is 0 Å². The molecule has 9 aromatic rings. The molecule has 0 aliphatic heterocycles. The summed E-state index contributed by atoms with van der Waals surface area (Å²) in [7, 11) is 0. The van der Waals surface area contributed by atoms with Gasteiger partial charge in [-0.1, -0.05) is 127 Å². The number of benzene rings is 6. The fourth-order valence-corrected chi connectivity index (χ4v) is 7.41. The van der Waals surface area contributed by atoms with E-state index in [9.17, 15) is 0 Å². The summed E-state index contributed by atoms with van der Waals surface area (Å²) in [6, 6.07) is 52.3. The summed E-state index contributed by atoms with van der Waals surface area (Å²) >= 11 is 0. The molecule has 1 aliphatic rings. The molecule has 10 rings (SSSR count). The molecule has 0 fully saturated rings. The van der Waals surface area contributed by atoms with Gasteiger partial charge in [0, 0.05) is 49.5 Å². The smallest absolute Gasteiger partial charge is 0.167 e. The van der Waals surface area contributed by atoms with Crippen LogP contribution in [-0.4, -0.2) is 19.5 Å². The molecule has 0 amide bonds. The van der Waals surface area contributed by atoms with Crippen molar-refractivity contribution in [3.8, 4) is 39.9 Å². The van der Waals surface area contributed by atoms with Crippen LogP contribution in [0.2, 0.25) is 0 Å². The molecule has 0 N–H and O–H groups in total. The highest BCUT2D eigenvalue weighted by atomic mass is 16.3. The fourth-order valence-electron chi connectivity index (χ4n) is 7.41. The van der Waals surface area contributed by atoms with Gasteiger partial charge in [0.15, 0.2) is 17.5 Å². The molecular formula is C45H30N4O. The van der Waals surface area contributed by atoms with Gasteiger partial charge in [0.2, 0.25) is 0 Å². The predicted octanol–water partition coefficient (Wildman–Crippen LogP) is 9.46. The lowest BCUT2D eigenvalue weighted by molar-refractivity contribution is 0.669. The van der Waals surface area contributed by atoms with E-state index in [1.807, 2.05) is 66.7 Å². The van der Waals surface area contributed by atoms with Crippen LogP contribution < -0.4 is 10.6 Å². The molecule has 5 nitrogen and oxygen atoms in total. The maximum atomic E-state index is 6.62. The highest BCUT2D eigenvalue weighted by Crippen LogP contribution is 2.38. The number of furan rings is 1. The second-order valence-corrected chi connectivity index (χ2v) is 12.8. The van der Waals surface area contributed by atoms with Crippen molar-refractivity contribution in [2.75, 3.05) is 0 Å². The van der Waals surface area contributed by atoms with Gasteiger partial charge < -0.3 is 8.98 Å². The van der Waals surface area contributed by atoms with Crippen molar-refractivity contribution in [3.05, 3.63) is 168 Å². The Morgan fingerprint density at radius 1 is 0.560 bits per heavy atom. The van der Waals surface area contributed by atoms with Gasteiger partial charge in [-0.05, 0) is 48.4 Å². The van der Waals surface area contributed by atoms with Crippen molar-refractivity contribution in [2.24, 2.45) is 0 Å². The highest BCUT2D eigenvalue weighted by Gasteiger charge is 2.20. The largest absolute Gasteiger partial charge is 0.455 e. The first-order valence-corrected chi connectivity index (χ1v) is 17.0. The minimum Gasteiger partial charge on any atom is -0.455 e. The molecule has 50 heavy (non-hydrogen) atoms. The van der Waals surface area contributed by atoms with Crippen LogP contribution in [0.4, 0.5) is 0 Å². The first kappa shape index (κ1) is 28.4. The van der Waals surface area contributed by atoms with Gasteiger partial charge >= 0.3 is 0 Å². The second kappa shape index (κ2) is 11.5. The maximum Gasteiger partial charge on any atom is 0.167 e. The SMILES string of the molecule is C1=c2c(n(-c3ccccc3)c3ccccc23)=CCC1c1ccc2oc3c(-c4nc(-c5ccccc5)nc(-c5ccccc5)n4)cccc3c2c1. The summed E-state index contributed by atoms with van der Waals surface area (Å²) in [5, 5.41) is 5.96. The highest BCUT2D eigenvalue weighted by molar-refractivity contribution is 6.09. The van der Waals surface area contributed by atoms with E-state index in [1.54, 1.807) is 0 Å². The monoisotopic (exact) mass is 642 g/mol. The minimum absolute atomic E-state index is 0.237. The van der Waals surface area contributed by atoms with Crippen LogP contribution in [0.1, 0.15) is 17.9 Å². The Balaban J connectivity index is 1.10. The van der Waals surface area contributed by atoms with Crippen molar-refractivity contribution in [3.63, 3.8) is 0 Å². The number of fused-ring (bicyclic) bond motifs is 6. The lowest BCUT2D eigenvalue weighted by Gasteiger charge is -2.15. The third-order valence-electron chi connectivity index (χ3n) is 9.79. The topological polar surface area (TPSA) is 56.7 Å². The quantitative estimate of drug-likeness (QED) is 0.188. The van der Waals surface area contributed by atoms with Crippen LogP contribution in [0.25, 0.3) is 84.8 Å². The molecule has 1 unspecified atom stereocenters. The Labute approximate surface area is 288 Å². The van der Waals surface area contributed by atoms with Gasteiger partial charge in [0.1, 0.15) is 11.2 Å². The lowest BCUT2D eigenvalue weighted by atomic mass is 9.90. The van der Waals surface area contributed by atoms with Crippen LogP contribution in [0.3, 0.4) is 0 Å². The molecule has 0 saturated heterocycles. The van der Waals surface area contributed by atoms with Gasteiger partial charge in [-0.25, -0.2) is 15.0 Å². The van der Waals surface area contributed by atoms with Crippen molar-refractivity contribution in [1.29, 1.82) is 0 Å². The molecular weight excluding hydrogens is 613 g/mol. The average molecular weight is 643 g/mol. The minimum atomic E-state index is 0.237. The third kappa shape index (κ3) is 4.66. The van der Waals surface area contributed by atoms with E-state index >= 15 is 0 Å². The Bertz CT molecular complexity index is 2780. The van der Waals surface area contributed by atoms with E-state index in [0.717, 1.165) is 45.0 Å². The molecule has 0 spiro atoms. The number of para-hydroxylation sites is 3. The molecule has 5 heteroatoms. The first-order valence-electron chi connectivity index (χ1n) is 17.0. The average Bonchev–Trinajstić information content (AvgIpc) is 3.74. The molecule has 0 radical (unpaired) electrons. The molecule has 6 aromatic carbocycles. The van der Waals surface area contributed by atoms with Gasteiger partial charge in [-0.2, -0.15) is 0 Å². The van der Waals surface area contributed by atoms with E-state index in [-0.39, 0.29) is 5.92 Å². The van der Waals surface area contributed by atoms with E-state index in [1.165, 1.54) is 32.7 Å². The Kier molecular flexibility index (Phi) is 6.56. The van der Waals surface area contributed by atoms with Gasteiger partial charge in [-0.15, -0.1) is 0 Å². The van der Waals surface area contributed by atoms with Crippen LogP contribution >= 0.6 is 0 Å². The van der Waals surface area contributed by atoms with Crippen molar-refractivity contribution in [2.45, 2.75) is 12.3 Å². The van der Waals surface area contributed by atoms with Crippen LogP contribution in [0.5, 0.6) is 0 Å². The fraction of sp³-hybridized carbons (Fsp3) is 0.0444.